The van der Waals surface area contributed by atoms with Crippen LogP contribution >= 0.6 is 34.8 Å². The summed E-state index contributed by atoms with van der Waals surface area (Å²) < 4.78 is 0. The van der Waals surface area contributed by atoms with E-state index >= 15 is 0 Å². The monoisotopic (exact) mass is 357 g/mol. The van der Waals surface area contributed by atoms with Crippen LogP contribution in [0.1, 0.15) is 12.6 Å². The molecule has 0 saturated carbocycles. The summed E-state index contributed by atoms with van der Waals surface area (Å²) in [6.07, 6.45) is 1.71. The zero-order valence-electron chi connectivity index (χ0n) is 11.7. The Morgan fingerprint density at radius 1 is 1.18 bits per heavy atom. The van der Waals surface area contributed by atoms with E-state index in [9.17, 15) is 4.79 Å². The van der Waals surface area contributed by atoms with Crippen LogP contribution in [-0.2, 0) is 11.3 Å². The molecule has 0 spiro atoms. The minimum atomic E-state index is -0.424. The normalized spacial score (nSPS) is 12.0. The number of halogens is 3. The molecule has 2 N–H and O–H groups in total. The molecule has 1 aromatic heterocycles. The Hall–Kier alpha value is -1.33. The molecule has 0 bridgehead atoms. The van der Waals surface area contributed by atoms with Crippen LogP contribution in [0.3, 0.4) is 0 Å². The highest BCUT2D eigenvalue weighted by Crippen LogP contribution is 2.32. The number of hydrogen-bond donors (Lipinski definition) is 2. The summed E-state index contributed by atoms with van der Waals surface area (Å²) >= 11 is 17.8. The van der Waals surface area contributed by atoms with Gasteiger partial charge in [0.15, 0.2) is 0 Å². The molecular weight excluding hydrogens is 345 g/mol. The van der Waals surface area contributed by atoms with Gasteiger partial charge in [-0.1, -0.05) is 40.9 Å². The van der Waals surface area contributed by atoms with E-state index in [0.29, 0.717) is 27.3 Å². The molecule has 0 aliphatic rings. The first-order valence-electron chi connectivity index (χ1n) is 6.56. The predicted octanol–water partition coefficient (Wildman–Crippen LogP) is 4.16. The van der Waals surface area contributed by atoms with Crippen LogP contribution in [0.15, 0.2) is 36.5 Å². The van der Waals surface area contributed by atoms with E-state index in [4.69, 9.17) is 34.8 Å². The SMILES string of the molecule is CC(NCc1ccccn1)C(=O)Nc1cc(Cl)c(Cl)cc1Cl. The van der Waals surface area contributed by atoms with Gasteiger partial charge in [0, 0.05) is 12.7 Å². The molecule has 0 aliphatic heterocycles. The van der Waals surface area contributed by atoms with Gasteiger partial charge in [-0.05, 0) is 31.2 Å². The Bertz CT molecular complexity index is 665. The van der Waals surface area contributed by atoms with Gasteiger partial charge in [-0.25, -0.2) is 0 Å². The Morgan fingerprint density at radius 3 is 2.59 bits per heavy atom. The van der Waals surface area contributed by atoms with Crippen LogP contribution in [0.25, 0.3) is 0 Å². The maximum atomic E-state index is 12.2. The van der Waals surface area contributed by atoms with Crippen LogP contribution in [0.2, 0.25) is 15.1 Å². The van der Waals surface area contributed by atoms with E-state index in [1.165, 1.54) is 12.1 Å². The number of nitrogens with zero attached hydrogens (tertiary/aromatic N) is 1. The van der Waals surface area contributed by atoms with E-state index in [2.05, 4.69) is 15.6 Å². The average Bonchev–Trinajstić information content (AvgIpc) is 2.51. The van der Waals surface area contributed by atoms with Crippen molar-refractivity contribution in [2.45, 2.75) is 19.5 Å². The van der Waals surface area contributed by atoms with Gasteiger partial charge in [0.1, 0.15) is 0 Å². The van der Waals surface area contributed by atoms with Crippen molar-refractivity contribution >= 4 is 46.4 Å². The van der Waals surface area contributed by atoms with Gasteiger partial charge >= 0.3 is 0 Å². The number of pyridine rings is 1. The van der Waals surface area contributed by atoms with Crippen molar-refractivity contribution in [3.63, 3.8) is 0 Å². The molecule has 0 aliphatic carbocycles. The number of hydrogen-bond acceptors (Lipinski definition) is 3. The summed E-state index contributed by atoms with van der Waals surface area (Å²) in [7, 11) is 0. The average molecular weight is 359 g/mol. The van der Waals surface area contributed by atoms with Crippen LogP contribution < -0.4 is 10.6 Å². The first-order valence-corrected chi connectivity index (χ1v) is 7.69. The molecular formula is C15H14Cl3N3O. The van der Waals surface area contributed by atoms with Crippen LogP contribution in [-0.4, -0.2) is 16.9 Å². The summed E-state index contributed by atoms with van der Waals surface area (Å²) in [4.78, 5) is 16.3. The highest BCUT2D eigenvalue weighted by atomic mass is 35.5. The molecule has 0 saturated heterocycles. The molecule has 1 atom stereocenters. The molecule has 1 unspecified atom stereocenters. The van der Waals surface area contributed by atoms with Crippen molar-refractivity contribution in [3.8, 4) is 0 Å². The highest BCUT2D eigenvalue weighted by Gasteiger charge is 2.15. The molecule has 1 amide bonds. The zero-order chi connectivity index (χ0) is 16.1. The topological polar surface area (TPSA) is 54.0 Å². The second-order valence-corrected chi connectivity index (χ2v) is 5.88. The van der Waals surface area contributed by atoms with E-state index in [-0.39, 0.29) is 5.91 Å². The Kier molecular flexibility index (Phi) is 6.03. The molecule has 0 radical (unpaired) electrons. The van der Waals surface area contributed by atoms with Crippen molar-refractivity contribution in [1.29, 1.82) is 0 Å². The van der Waals surface area contributed by atoms with E-state index in [1.807, 2.05) is 18.2 Å². The molecule has 0 fully saturated rings. The molecule has 1 aromatic carbocycles. The van der Waals surface area contributed by atoms with E-state index in [0.717, 1.165) is 5.69 Å². The van der Waals surface area contributed by atoms with Gasteiger partial charge in [-0.15, -0.1) is 0 Å². The summed E-state index contributed by atoms with van der Waals surface area (Å²) in [5.74, 6) is -0.226. The number of anilines is 1. The standard InChI is InChI=1S/C15H14Cl3N3O/c1-9(20-8-10-4-2-3-5-19-10)15(22)21-14-7-12(17)11(16)6-13(14)18/h2-7,9,20H,8H2,1H3,(H,21,22). The summed E-state index contributed by atoms with van der Waals surface area (Å²) in [6.45, 7) is 2.24. The zero-order valence-corrected chi connectivity index (χ0v) is 14.0. The lowest BCUT2D eigenvalue weighted by Gasteiger charge is -2.15. The maximum Gasteiger partial charge on any atom is 0.241 e. The fraction of sp³-hybridized carbons (Fsp3) is 0.200. The minimum Gasteiger partial charge on any atom is -0.323 e. The first-order chi connectivity index (χ1) is 10.5. The number of benzene rings is 1. The van der Waals surface area contributed by atoms with Gasteiger partial charge in [0.25, 0.3) is 0 Å². The fourth-order valence-corrected chi connectivity index (χ4v) is 2.31. The van der Waals surface area contributed by atoms with Crippen LogP contribution in [0.5, 0.6) is 0 Å². The second kappa shape index (κ2) is 7.79. The highest BCUT2D eigenvalue weighted by molar-refractivity contribution is 6.44. The lowest BCUT2D eigenvalue weighted by atomic mass is 10.2. The quantitative estimate of drug-likeness (QED) is 0.789. The number of carbonyl (C=O) groups excluding carboxylic acids is 1. The molecule has 4 nitrogen and oxygen atoms in total. The fourth-order valence-electron chi connectivity index (χ4n) is 1.71. The van der Waals surface area contributed by atoms with Gasteiger partial charge in [0.05, 0.1) is 32.5 Å². The Labute approximate surface area is 143 Å². The van der Waals surface area contributed by atoms with Crippen LogP contribution in [0, 0.1) is 0 Å². The first kappa shape index (κ1) is 17.0. The molecule has 1 heterocycles. The van der Waals surface area contributed by atoms with Gasteiger partial charge < -0.3 is 10.6 Å². The largest absolute Gasteiger partial charge is 0.323 e. The number of nitrogens with one attached hydrogen (secondary N) is 2. The molecule has 116 valence electrons. The van der Waals surface area contributed by atoms with E-state index < -0.39 is 6.04 Å². The van der Waals surface area contributed by atoms with Crippen LogP contribution in [0.4, 0.5) is 5.69 Å². The molecule has 2 aromatic rings. The lowest BCUT2D eigenvalue weighted by Crippen LogP contribution is -2.37. The molecule has 22 heavy (non-hydrogen) atoms. The Balaban J connectivity index is 1.95. The summed E-state index contributed by atoms with van der Waals surface area (Å²) in [5.41, 5.74) is 1.28. The van der Waals surface area contributed by atoms with Crippen molar-refractivity contribution in [3.05, 3.63) is 57.3 Å². The third kappa shape index (κ3) is 4.58. The van der Waals surface area contributed by atoms with Gasteiger partial charge in [0.2, 0.25) is 5.91 Å². The maximum absolute atomic E-state index is 12.2. The van der Waals surface area contributed by atoms with Crippen molar-refractivity contribution in [1.82, 2.24) is 10.3 Å². The van der Waals surface area contributed by atoms with Gasteiger partial charge in [-0.2, -0.15) is 0 Å². The molecule has 7 heteroatoms. The predicted molar refractivity (Wildman–Crippen MR) is 90.6 cm³/mol. The number of carbonyl (C=O) groups is 1. The third-order valence-corrected chi connectivity index (χ3v) is 4.01. The van der Waals surface area contributed by atoms with Crippen molar-refractivity contribution in [2.24, 2.45) is 0 Å². The smallest absolute Gasteiger partial charge is 0.241 e. The Morgan fingerprint density at radius 2 is 1.91 bits per heavy atom. The van der Waals surface area contributed by atoms with Crippen molar-refractivity contribution in [2.75, 3.05) is 5.32 Å². The minimum absolute atomic E-state index is 0.226. The lowest BCUT2D eigenvalue weighted by molar-refractivity contribution is -0.117. The third-order valence-electron chi connectivity index (χ3n) is 2.98. The van der Waals surface area contributed by atoms with E-state index in [1.54, 1.807) is 13.1 Å². The summed E-state index contributed by atoms with van der Waals surface area (Å²) in [5, 5.41) is 6.81. The number of aromatic nitrogens is 1. The molecule has 2 rings (SSSR count). The summed E-state index contributed by atoms with van der Waals surface area (Å²) in [6, 6.07) is 8.21. The van der Waals surface area contributed by atoms with Gasteiger partial charge in [-0.3, -0.25) is 9.78 Å². The van der Waals surface area contributed by atoms with Crippen molar-refractivity contribution < 1.29 is 4.79 Å². The number of amides is 1. The number of rotatable bonds is 5. The second-order valence-electron chi connectivity index (χ2n) is 4.66.